The molecule has 0 radical (unpaired) electrons. The van der Waals surface area contributed by atoms with Gasteiger partial charge in [0.15, 0.2) is 0 Å². The highest BCUT2D eigenvalue weighted by Crippen LogP contribution is 2.28. The van der Waals surface area contributed by atoms with E-state index in [4.69, 9.17) is 4.74 Å². The number of carbonyl (C=O) groups excluding carboxylic acids is 1. The SMILES string of the molecule is Cc1ccc2ccccc2c1OC=O. The van der Waals surface area contributed by atoms with Crippen LogP contribution >= 0.6 is 0 Å². The van der Waals surface area contributed by atoms with Gasteiger partial charge in [0.05, 0.1) is 0 Å². The lowest BCUT2D eigenvalue weighted by molar-refractivity contribution is -0.120. The fourth-order valence-corrected chi connectivity index (χ4v) is 1.56. The van der Waals surface area contributed by atoms with Gasteiger partial charge in [-0.25, -0.2) is 0 Å². The minimum absolute atomic E-state index is 0.467. The number of hydrogen-bond acceptors (Lipinski definition) is 2. The Kier molecular flexibility index (Phi) is 2.19. The zero-order chi connectivity index (χ0) is 9.97. The minimum atomic E-state index is 0.467. The lowest BCUT2D eigenvalue weighted by Gasteiger charge is -2.06. The van der Waals surface area contributed by atoms with Crippen LogP contribution in [-0.2, 0) is 4.79 Å². The molecule has 2 aromatic carbocycles. The van der Waals surface area contributed by atoms with Gasteiger partial charge in [0.25, 0.3) is 6.47 Å². The second-order valence-electron chi connectivity index (χ2n) is 3.15. The fraction of sp³-hybridized carbons (Fsp3) is 0.0833. The highest BCUT2D eigenvalue weighted by molar-refractivity contribution is 5.90. The summed E-state index contributed by atoms with van der Waals surface area (Å²) in [7, 11) is 0. The molecule has 2 rings (SSSR count). The van der Waals surface area contributed by atoms with Crippen LogP contribution in [-0.4, -0.2) is 6.47 Å². The number of carbonyl (C=O) groups is 1. The fourth-order valence-electron chi connectivity index (χ4n) is 1.56. The third-order valence-electron chi connectivity index (χ3n) is 2.24. The summed E-state index contributed by atoms with van der Waals surface area (Å²) in [4.78, 5) is 10.3. The molecule has 14 heavy (non-hydrogen) atoms. The van der Waals surface area contributed by atoms with E-state index in [-0.39, 0.29) is 0 Å². The van der Waals surface area contributed by atoms with Crippen LogP contribution in [0.25, 0.3) is 10.8 Å². The third kappa shape index (κ3) is 1.35. The van der Waals surface area contributed by atoms with Crippen molar-refractivity contribution >= 4 is 17.2 Å². The lowest BCUT2D eigenvalue weighted by Crippen LogP contribution is -1.92. The largest absolute Gasteiger partial charge is 0.428 e. The number of rotatable bonds is 2. The van der Waals surface area contributed by atoms with E-state index < -0.39 is 0 Å². The molecule has 0 aromatic heterocycles. The maximum Gasteiger partial charge on any atom is 0.298 e. The molecule has 0 saturated carbocycles. The molecule has 2 heteroatoms. The molecule has 0 bridgehead atoms. The van der Waals surface area contributed by atoms with Gasteiger partial charge in [0.2, 0.25) is 0 Å². The van der Waals surface area contributed by atoms with Crippen molar-refractivity contribution in [3.05, 3.63) is 42.0 Å². The van der Waals surface area contributed by atoms with Gasteiger partial charge in [0.1, 0.15) is 5.75 Å². The van der Waals surface area contributed by atoms with Crippen molar-refractivity contribution in [2.45, 2.75) is 6.92 Å². The van der Waals surface area contributed by atoms with Crippen LogP contribution < -0.4 is 4.74 Å². The number of aryl methyl sites for hydroxylation is 1. The van der Waals surface area contributed by atoms with Crippen LogP contribution in [0.2, 0.25) is 0 Å². The number of hydrogen-bond donors (Lipinski definition) is 0. The molecular formula is C12H10O2. The predicted octanol–water partition coefficient (Wildman–Crippen LogP) is 2.68. The van der Waals surface area contributed by atoms with Gasteiger partial charge in [-0.2, -0.15) is 0 Å². The highest BCUT2D eigenvalue weighted by Gasteiger charge is 2.04. The Hall–Kier alpha value is -1.83. The first-order chi connectivity index (χ1) is 6.83. The molecule has 0 N–H and O–H groups in total. The first kappa shape index (κ1) is 8.75. The van der Waals surface area contributed by atoms with Gasteiger partial charge in [-0.3, -0.25) is 4.79 Å². The monoisotopic (exact) mass is 186 g/mol. The van der Waals surface area contributed by atoms with E-state index >= 15 is 0 Å². The summed E-state index contributed by atoms with van der Waals surface area (Å²) in [6.45, 7) is 2.39. The standard InChI is InChI=1S/C12H10O2/c1-9-6-7-10-4-2-3-5-11(10)12(9)14-8-13/h2-8H,1H3. The Labute approximate surface area is 82.1 Å². The van der Waals surface area contributed by atoms with Gasteiger partial charge in [-0.15, -0.1) is 0 Å². The summed E-state index contributed by atoms with van der Waals surface area (Å²) in [6.07, 6.45) is 0. The Balaban J connectivity index is 2.75. The van der Waals surface area contributed by atoms with E-state index in [1.165, 1.54) is 0 Å². The van der Waals surface area contributed by atoms with Crippen LogP contribution in [0.3, 0.4) is 0 Å². The molecule has 2 nitrogen and oxygen atoms in total. The average molecular weight is 186 g/mol. The van der Waals surface area contributed by atoms with E-state index in [0.717, 1.165) is 16.3 Å². The quantitative estimate of drug-likeness (QED) is 0.674. The minimum Gasteiger partial charge on any atom is -0.428 e. The predicted molar refractivity (Wildman–Crippen MR) is 55.4 cm³/mol. The molecule has 0 aliphatic rings. The summed E-state index contributed by atoms with van der Waals surface area (Å²) in [5.41, 5.74) is 0.968. The van der Waals surface area contributed by atoms with Crippen molar-refractivity contribution in [2.24, 2.45) is 0 Å². The number of benzene rings is 2. The van der Waals surface area contributed by atoms with Crippen LogP contribution in [0, 0.1) is 6.92 Å². The molecule has 0 atom stereocenters. The molecule has 0 aliphatic carbocycles. The highest BCUT2D eigenvalue weighted by atomic mass is 16.5. The summed E-state index contributed by atoms with van der Waals surface area (Å²) in [6, 6.07) is 11.8. The van der Waals surface area contributed by atoms with Crippen molar-refractivity contribution in [1.29, 1.82) is 0 Å². The van der Waals surface area contributed by atoms with Gasteiger partial charge in [-0.1, -0.05) is 36.4 Å². The second kappa shape index (κ2) is 3.50. The Morgan fingerprint density at radius 3 is 2.71 bits per heavy atom. The zero-order valence-electron chi connectivity index (χ0n) is 7.86. The summed E-state index contributed by atoms with van der Waals surface area (Å²) in [5.74, 6) is 0.651. The number of ether oxygens (including phenoxy) is 1. The van der Waals surface area contributed by atoms with Gasteiger partial charge < -0.3 is 4.74 Å². The van der Waals surface area contributed by atoms with Crippen molar-refractivity contribution in [2.75, 3.05) is 0 Å². The Morgan fingerprint density at radius 2 is 1.93 bits per heavy atom. The maximum absolute atomic E-state index is 10.3. The molecule has 2 aromatic rings. The van der Waals surface area contributed by atoms with E-state index in [1.807, 2.05) is 43.3 Å². The van der Waals surface area contributed by atoms with Crippen molar-refractivity contribution in [3.63, 3.8) is 0 Å². The zero-order valence-corrected chi connectivity index (χ0v) is 7.86. The molecule has 0 aliphatic heterocycles. The summed E-state index contributed by atoms with van der Waals surface area (Å²) < 4.78 is 4.97. The maximum atomic E-state index is 10.3. The van der Waals surface area contributed by atoms with E-state index in [0.29, 0.717) is 12.2 Å². The first-order valence-corrected chi connectivity index (χ1v) is 4.41. The third-order valence-corrected chi connectivity index (χ3v) is 2.24. The lowest BCUT2D eigenvalue weighted by atomic mass is 10.1. The molecule has 0 spiro atoms. The Morgan fingerprint density at radius 1 is 1.14 bits per heavy atom. The normalized spacial score (nSPS) is 10.1. The molecule has 0 fully saturated rings. The van der Waals surface area contributed by atoms with Crippen molar-refractivity contribution in [1.82, 2.24) is 0 Å². The smallest absolute Gasteiger partial charge is 0.298 e. The molecule has 0 unspecified atom stereocenters. The molecule has 70 valence electrons. The van der Waals surface area contributed by atoms with Crippen LogP contribution in [0.1, 0.15) is 5.56 Å². The van der Waals surface area contributed by atoms with E-state index in [2.05, 4.69) is 0 Å². The molecule has 0 heterocycles. The summed E-state index contributed by atoms with van der Waals surface area (Å²) >= 11 is 0. The van der Waals surface area contributed by atoms with Crippen LogP contribution in [0.4, 0.5) is 0 Å². The summed E-state index contributed by atoms with van der Waals surface area (Å²) in [5, 5.41) is 2.05. The van der Waals surface area contributed by atoms with Crippen LogP contribution in [0.5, 0.6) is 5.75 Å². The number of fused-ring (bicyclic) bond motifs is 1. The molecular weight excluding hydrogens is 176 g/mol. The van der Waals surface area contributed by atoms with Gasteiger partial charge in [0, 0.05) is 5.39 Å². The van der Waals surface area contributed by atoms with E-state index in [1.54, 1.807) is 0 Å². The Bertz CT molecular complexity index is 475. The van der Waals surface area contributed by atoms with Crippen molar-refractivity contribution < 1.29 is 9.53 Å². The van der Waals surface area contributed by atoms with Crippen LogP contribution in [0.15, 0.2) is 36.4 Å². The van der Waals surface area contributed by atoms with Gasteiger partial charge in [-0.05, 0) is 17.9 Å². The van der Waals surface area contributed by atoms with Crippen molar-refractivity contribution in [3.8, 4) is 5.75 Å². The van der Waals surface area contributed by atoms with E-state index in [9.17, 15) is 4.79 Å². The molecule has 0 saturated heterocycles. The second-order valence-corrected chi connectivity index (χ2v) is 3.15. The van der Waals surface area contributed by atoms with Gasteiger partial charge >= 0.3 is 0 Å². The average Bonchev–Trinajstić information content (AvgIpc) is 2.23. The first-order valence-electron chi connectivity index (χ1n) is 4.41. The topological polar surface area (TPSA) is 26.3 Å². The molecule has 0 amide bonds.